The molecular formula is C39H36F3N5O10S. The van der Waals surface area contributed by atoms with Crippen molar-refractivity contribution >= 4 is 57.5 Å². The fraction of sp³-hybridized carbons (Fsp3) is 0.333. The number of piperidine rings is 1. The number of carbonyl (C=O) groups excluding carboxylic acids is 4. The smallest absolute Gasteiger partial charge is 0.418 e. The van der Waals surface area contributed by atoms with E-state index < -0.39 is 40.6 Å². The predicted molar refractivity (Wildman–Crippen MR) is 204 cm³/mol. The van der Waals surface area contributed by atoms with Crippen molar-refractivity contribution in [3.05, 3.63) is 98.6 Å². The van der Waals surface area contributed by atoms with Gasteiger partial charge in [-0.2, -0.15) is 13.2 Å². The first-order chi connectivity index (χ1) is 27.9. The van der Waals surface area contributed by atoms with Gasteiger partial charge in [0.2, 0.25) is 11.8 Å². The Morgan fingerprint density at radius 3 is 2.21 bits per heavy atom. The highest BCUT2D eigenvalue weighted by Crippen LogP contribution is 2.42. The van der Waals surface area contributed by atoms with Gasteiger partial charge in [0.05, 0.1) is 87.9 Å². The molecule has 15 nitrogen and oxygen atoms in total. The molecule has 4 aromatic rings. The molecule has 0 saturated carbocycles. The van der Waals surface area contributed by atoms with Crippen molar-refractivity contribution in [3.63, 3.8) is 0 Å². The van der Waals surface area contributed by atoms with Crippen molar-refractivity contribution in [1.82, 2.24) is 19.4 Å². The minimum atomic E-state index is -4.77. The number of hydrogen-bond donors (Lipinski definition) is 1. The third kappa shape index (κ3) is 9.59. The molecule has 4 amide bonds. The molecule has 58 heavy (non-hydrogen) atoms. The molecule has 2 saturated heterocycles. The van der Waals surface area contributed by atoms with Crippen LogP contribution in [0.4, 0.5) is 23.7 Å². The fourth-order valence-corrected chi connectivity index (χ4v) is 7.12. The van der Waals surface area contributed by atoms with E-state index in [-0.39, 0.29) is 99.3 Å². The van der Waals surface area contributed by atoms with Gasteiger partial charge in [0.15, 0.2) is 17.2 Å². The predicted octanol–water partition coefficient (Wildman–Crippen LogP) is 5.94. The molecule has 0 bridgehead atoms. The number of para-hydroxylation sites is 2. The molecule has 2 aliphatic rings. The highest BCUT2D eigenvalue weighted by molar-refractivity contribution is 8.18. The summed E-state index contributed by atoms with van der Waals surface area (Å²) in [6.45, 7) is 8.39. The summed E-state index contributed by atoms with van der Waals surface area (Å²) in [5.41, 5.74) is -0.0204. The quantitative estimate of drug-likeness (QED) is 0.0581. The number of carbonyl (C=O) groups is 4. The maximum absolute atomic E-state index is 13.6. The van der Waals surface area contributed by atoms with E-state index in [0.717, 1.165) is 22.7 Å². The van der Waals surface area contributed by atoms with E-state index in [1.807, 2.05) is 0 Å². The van der Waals surface area contributed by atoms with E-state index in [2.05, 4.69) is 10.2 Å². The number of imidazole rings is 1. The van der Waals surface area contributed by atoms with Crippen molar-refractivity contribution in [3.8, 4) is 17.2 Å². The number of fused-ring (bicyclic) bond motifs is 1. The number of thioether (sulfide) groups is 1. The van der Waals surface area contributed by atoms with Crippen molar-refractivity contribution in [2.24, 2.45) is 0 Å². The summed E-state index contributed by atoms with van der Waals surface area (Å²) in [6, 6.07) is 13.6. The average molecular weight is 824 g/mol. The van der Waals surface area contributed by atoms with Gasteiger partial charge in [-0.25, -0.2) is 9.64 Å². The molecule has 19 heteroatoms. The molecule has 0 radical (unpaired) electrons. The summed E-state index contributed by atoms with van der Waals surface area (Å²) in [4.78, 5) is 67.3. The van der Waals surface area contributed by atoms with E-state index in [0.29, 0.717) is 22.7 Å². The van der Waals surface area contributed by atoms with Gasteiger partial charge < -0.3 is 23.7 Å². The number of halogens is 3. The van der Waals surface area contributed by atoms with E-state index >= 15 is 0 Å². The molecule has 0 aliphatic carbocycles. The van der Waals surface area contributed by atoms with E-state index in [9.17, 15) is 37.1 Å². The maximum atomic E-state index is 13.6. The SMILES string of the molecule is [C-]#[N+]c1ccc(Oc2ccc(/C=C3\SC(=O)N(CCOCCOCCOCCn4c(=O)n(C5CCC(=O)NC5=O)c5ccccc54)C3=O)cc2OC)c(C(F)(F)F)c1. The summed E-state index contributed by atoms with van der Waals surface area (Å²) in [6.07, 6.45) is -2.93. The number of benzene rings is 3. The average Bonchev–Trinajstić information content (AvgIpc) is 3.63. The minimum Gasteiger partial charge on any atom is -0.493 e. The van der Waals surface area contributed by atoms with Gasteiger partial charge in [0.25, 0.3) is 11.1 Å². The number of amides is 4. The van der Waals surface area contributed by atoms with Crippen molar-refractivity contribution < 1.29 is 56.0 Å². The molecule has 1 atom stereocenters. The van der Waals surface area contributed by atoms with Crippen LogP contribution in [0.15, 0.2) is 70.4 Å². The second-order valence-electron chi connectivity index (χ2n) is 12.7. The summed E-state index contributed by atoms with van der Waals surface area (Å²) in [5.74, 6) is -1.89. The largest absolute Gasteiger partial charge is 0.493 e. The van der Waals surface area contributed by atoms with Gasteiger partial charge in [-0.05, 0) is 66.2 Å². The number of hydrogen-bond acceptors (Lipinski definition) is 11. The summed E-state index contributed by atoms with van der Waals surface area (Å²) >= 11 is 0.730. The lowest BCUT2D eigenvalue weighted by Crippen LogP contribution is -2.44. The molecule has 2 fully saturated rings. The van der Waals surface area contributed by atoms with Gasteiger partial charge in [-0.3, -0.25) is 38.5 Å². The second kappa shape index (κ2) is 18.5. The van der Waals surface area contributed by atoms with Crippen LogP contribution < -0.4 is 20.5 Å². The van der Waals surface area contributed by atoms with E-state index in [1.165, 1.54) is 46.6 Å². The zero-order chi connectivity index (χ0) is 41.4. The lowest BCUT2D eigenvalue weighted by Gasteiger charge is -2.21. The van der Waals surface area contributed by atoms with Crippen LogP contribution in [0, 0.1) is 6.57 Å². The zero-order valence-corrected chi connectivity index (χ0v) is 31.7. The van der Waals surface area contributed by atoms with Crippen LogP contribution in [0.2, 0.25) is 0 Å². The Bertz CT molecular complexity index is 2350. The van der Waals surface area contributed by atoms with Crippen molar-refractivity contribution in [2.75, 3.05) is 53.3 Å². The molecule has 1 unspecified atom stereocenters. The van der Waals surface area contributed by atoms with Crippen LogP contribution in [0.5, 0.6) is 17.2 Å². The normalized spacial score (nSPS) is 16.6. The van der Waals surface area contributed by atoms with Crippen LogP contribution in [0.1, 0.15) is 30.0 Å². The Morgan fingerprint density at radius 2 is 1.53 bits per heavy atom. The van der Waals surface area contributed by atoms with Gasteiger partial charge in [-0.1, -0.05) is 24.3 Å². The Kier molecular flexibility index (Phi) is 13.3. The Balaban J connectivity index is 0.911. The fourth-order valence-electron chi connectivity index (χ4n) is 6.25. The molecule has 0 spiro atoms. The molecule has 1 N–H and O–H groups in total. The lowest BCUT2D eigenvalue weighted by molar-refractivity contribution is -0.139. The Hall–Kier alpha value is -5.94. The number of alkyl halides is 3. The number of rotatable bonds is 17. The Labute approximate surface area is 333 Å². The molecule has 3 aromatic carbocycles. The first-order valence-corrected chi connectivity index (χ1v) is 18.7. The third-order valence-corrected chi connectivity index (χ3v) is 9.94. The molecule has 6 rings (SSSR count). The first-order valence-electron chi connectivity index (χ1n) is 17.9. The monoisotopic (exact) mass is 823 g/mol. The van der Waals surface area contributed by atoms with Crippen LogP contribution >= 0.6 is 11.8 Å². The van der Waals surface area contributed by atoms with Crippen LogP contribution in [0.3, 0.4) is 0 Å². The van der Waals surface area contributed by atoms with Gasteiger partial charge in [0, 0.05) is 6.42 Å². The van der Waals surface area contributed by atoms with Crippen molar-refractivity contribution in [1.29, 1.82) is 0 Å². The van der Waals surface area contributed by atoms with Gasteiger partial charge in [0.1, 0.15) is 11.8 Å². The van der Waals surface area contributed by atoms with Crippen LogP contribution in [-0.2, 0) is 41.3 Å². The number of ether oxygens (including phenoxy) is 5. The summed E-state index contributed by atoms with van der Waals surface area (Å²) in [7, 11) is 1.30. The highest BCUT2D eigenvalue weighted by Gasteiger charge is 2.36. The topological polar surface area (TPSA) is 161 Å². The van der Waals surface area contributed by atoms with Crippen LogP contribution in [-0.4, -0.2) is 90.3 Å². The molecule has 2 aliphatic heterocycles. The molecule has 304 valence electrons. The van der Waals surface area contributed by atoms with Crippen molar-refractivity contribution in [2.45, 2.75) is 31.6 Å². The number of nitrogens with zero attached hydrogens (tertiary/aromatic N) is 4. The first kappa shape index (κ1) is 41.7. The zero-order valence-electron chi connectivity index (χ0n) is 30.9. The Morgan fingerprint density at radius 1 is 0.862 bits per heavy atom. The number of nitrogens with one attached hydrogen (secondary N) is 1. The third-order valence-electron chi connectivity index (χ3n) is 9.03. The van der Waals surface area contributed by atoms with E-state index in [1.54, 1.807) is 24.3 Å². The summed E-state index contributed by atoms with van der Waals surface area (Å²) < 4.78 is 71.5. The maximum Gasteiger partial charge on any atom is 0.418 e. The molecular weight excluding hydrogens is 788 g/mol. The van der Waals surface area contributed by atoms with Gasteiger partial charge >= 0.3 is 11.9 Å². The summed E-state index contributed by atoms with van der Waals surface area (Å²) in [5, 5.41) is 1.80. The number of imide groups is 2. The van der Waals surface area contributed by atoms with Crippen LogP contribution in [0.25, 0.3) is 22.0 Å². The highest BCUT2D eigenvalue weighted by atomic mass is 32.2. The van der Waals surface area contributed by atoms with Gasteiger partial charge in [-0.15, -0.1) is 0 Å². The number of aromatic nitrogens is 2. The van der Waals surface area contributed by atoms with E-state index in [4.69, 9.17) is 30.3 Å². The standard InChI is InChI=1S/C39H36F3N5O10S/c1-43-25-8-11-30(26(23-25)39(40,41)42)57-31-10-7-24(21-32(31)53-2)22-33-36(50)46(38(52)58-33)14-16-55-18-20-56-19-17-54-15-13-45-27-5-3-4-6-28(27)47(37(45)51)29-9-12-34(48)44-35(29)49/h3-8,10-11,21-23,29H,9,12-20H2,2H3,(H,44,48,49)/b33-22-. The lowest BCUT2D eigenvalue weighted by atomic mass is 10.1. The second-order valence-corrected chi connectivity index (χ2v) is 13.7. The molecule has 1 aromatic heterocycles. The minimum absolute atomic E-state index is 0.00559. The number of methoxy groups -OCH3 is 1. The molecule has 3 heterocycles.